The maximum Gasteiger partial charge on any atom is 0.254 e. The highest BCUT2D eigenvalue weighted by Crippen LogP contribution is 2.31. The standard InChI is InChI=1S/C24H19N5O2/c25-17-6-4-5-16(13-17)20-14-27-24-21(23(26)30)22(28-29(20)24)15-9-11-19(12-10-15)31-18-7-2-1-3-8-18/h1-14,28H,25H2,(H2,26,30). The third-order valence-corrected chi connectivity index (χ3v) is 5.01. The number of aromatic amines is 1. The summed E-state index contributed by atoms with van der Waals surface area (Å²) in [6.07, 6.45) is 1.69. The van der Waals surface area contributed by atoms with Gasteiger partial charge < -0.3 is 16.2 Å². The minimum atomic E-state index is -0.560. The quantitative estimate of drug-likeness (QED) is 0.372. The van der Waals surface area contributed by atoms with Crippen LogP contribution in [0.3, 0.4) is 0 Å². The number of para-hydroxylation sites is 1. The number of hydrogen-bond donors (Lipinski definition) is 3. The number of nitrogens with one attached hydrogen (secondary N) is 1. The van der Waals surface area contributed by atoms with Crippen molar-refractivity contribution in [1.82, 2.24) is 14.6 Å². The predicted octanol–water partition coefficient (Wildman–Crippen LogP) is 4.47. The number of ether oxygens (including phenoxy) is 1. The van der Waals surface area contributed by atoms with Crippen LogP contribution in [0.5, 0.6) is 11.5 Å². The second-order valence-electron chi connectivity index (χ2n) is 7.09. The Morgan fingerprint density at radius 1 is 0.903 bits per heavy atom. The van der Waals surface area contributed by atoms with Crippen molar-refractivity contribution in [3.05, 3.63) is 90.6 Å². The van der Waals surface area contributed by atoms with E-state index in [0.717, 1.165) is 22.6 Å². The molecule has 1 amide bonds. The minimum Gasteiger partial charge on any atom is -0.457 e. The number of carbonyl (C=O) groups excluding carboxylic acids is 1. The van der Waals surface area contributed by atoms with E-state index < -0.39 is 5.91 Å². The van der Waals surface area contributed by atoms with Gasteiger partial charge in [0.25, 0.3) is 5.91 Å². The van der Waals surface area contributed by atoms with Crippen molar-refractivity contribution >= 4 is 17.2 Å². The number of fused-ring (bicyclic) bond motifs is 1. The first-order valence-corrected chi connectivity index (χ1v) is 9.68. The van der Waals surface area contributed by atoms with E-state index in [-0.39, 0.29) is 0 Å². The topological polar surface area (TPSA) is 111 Å². The first-order valence-electron chi connectivity index (χ1n) is 9.68. The van der Waals surface area contributed by atoms with Crippen LogP contribution >= 0.6 is 0 Å². The lowest BCUT2D eigenvalue weighted by Crippen LogP contribution is -2.11. The molecule has 2 aromatic heterocycles. The smallest absolute Gasteiger partial charge is 0.254 e. The Balaban J connectivity index is 1.56. The Kier molecular flexibility index (Phi) is 4.41. The van der Waals surface area contributed by atoms with Crippen LogP contribution in [0.25, 0.3) is 28.2 Å². The van der Waals surface area contributed by atoms with Crippen LogP contribution in [0.15, 0.2) is 85.1 Å². The number of imidazole rings is 1. The van der Waals surface area contributed by atoms with Crippen molar-refractivity contribution in [2.75, 3.05) is 5.73 Å². The van der Waals surface area contributed by atoms with Gasteiger partial charge >= 0.3 is 0 Å². The molecule has 0 spiro atoms. The fourth-order valence-corrected chi connectivity index (χ4v) is 3.58. The van der Waals surface area contributed by atoms with Crippen molar-refractivity contribution in [1.29, 1.82) is 0 Å². The van der Waals surface area contributed by atoms with E-state index in [1.165, 1.54) is 0 Å². The molecule has 0 aliphatic heterocycles. The zero-order valence-electron chi connectivity index (χ0n) is 16.4. The number of nitrogens with two attached hydrogens (primary N) is 2. The van der Waals surface area contributed by atoms with Gasteiger partial charge in [0, 0.05) is 16.8 Å². The van der Waals surface area contributed by atoms with E-state index in [2.05, 4.69) is 10.1 Å². The average molecular weight is 409 g/mol. The summed E-state index contributed by atoms with van der Waals surface area (Å²) in [7, 11) is 0. The monoisotopic (exact) mass is 409 g/mol. The lowest BCUT2D eigenvalue weighted by molar-refractivity contribution is 0.100. The maximum atomic E-state index is 12.3. The third kappa shape index (κ3) is 3.38. The number of carbonyl (C=O) groups is 1. The molecular weight excluding hydrogens is 390 g/mol. The summed E-state index contributed by atoms with van der Waals surface area (Å²) in [5, 5.41) is 3.27. The van der Waals surface area contributed by atoms with Crippen LogP contribution in [0, 0.1) is 0 Å². The molecule has 0 aliphatic rings. The van der Waals surface area contributed by atoms with Gasteiger partial charge in [-0.15, -0.1) is 0 Å². The SMILES string of the molecule is NC(=O)c1c(-c2ccc(Oc3ccccc3)cc2)[nH]n2c(-c3cccc(N)c3)cnc12. The van der Waals surface area contributed by atoms with Crippen molar-refractivity contribution in [3.63, 3.8) is 0 Å². The average Bonchev–Trinajstić information content (AvgIpc) is 3.34. The number of primary amides is 1. The summed E-state index contributed by atoms with van der Waals surface area (Å²) in [4.78, 5) is 16.7. The number of H-pyrrole nitrogens is 1. The number of amides is 1. The zero-order chi connectivity index (χ0) is 21.4. The van der Waals surface area contributed by atoms with E-state index in [1.54, 1.807) is 10.7 Å². The molecule has 5 rings (SSSR count). The van der Waals surface area contributed by atoms with Gasteiger partial charge in [-0.25, -0.2) is 9.50 Å². The van der Waals surface area contributed by atoms with Gasteiger partial charge in [0.05, 0.1) is 17.6 Å². The van der Waals surface area contributed by atoms with Gasteiger partial charge in [-0.1, -0.05) is 30.3 Å². The largest absolute Gasteiger partial charge is 0.457 e. The van der Waals surface area contributed by atoms with Gasteiger partial charge in [0.1, 0.15) is 17.1 Å². The molecule has 3 aromatic carbocycles. The summed E-state index contributed by atoms with van der Waals surface area (Å²) in [5.74, 6) is 0.876. The Bertz CT molecular complexity index is 1390. The van der Waals surface area contributed by atoms with E-state index in [0.29, 0.717) is 28.3 Å². The molecule has 5 aromatic rings. The molecule has 0 radical (unpaired) electrons. The van der Waals surface area contributed by atoms with Crippen LogP contribution in [0.4, 0.5) is 5.69 Å². The molecule has 0 bridgehead atoms. The molecule has 0 unspecified atom stereocenters. The molecule has 0 saturated heterocycles. The molecule has 2 heterocycles. The molecule has 0 saturated carbocycles. The van der Waals surface area contributed by atoms with Gasteiger partial charge in [0.15, 0.2) is 5.65 Å². The van der Waals surface area contributed by atoms with Crippen LogP contribution in [-0.4, -0.2) is 20.5 Å². The molecular formula is C24H19N5O2. The van der Waals surface area contributed by atoms with Crippen LogP contribution in [0.1, 0.15) is 10.4 Å². The number of benzene rings is 3. The Labute approximate surface area is 177 Å². The van der Waals surface area contributed by atoms with Gasteiger partial charge in [-0.3, -0.25) is 9.89 Å². The van der Waals surface area contributed by atoms with E-state index in [9.17, 15) is 4.79 Å². The summed E-state index contributed by atoms with van der Waals surface area (Å²) >= 11 is 0. The summed E-state index contributed by atoms with van der Waals surface area (Å²) < 4.78 is 7.60. The zero-order valence-corrected chi connectivity index (χ0v) is 16.4. The Morgan fingerprint density at radius 3 is 2.35 bits per heavy atom. The second-order valence-corrected chi connectivity index (χ2v) is 7.09. The number of anilines is 1. The highest BCUT2D eigenvalue weighted by atomic mass is 16.5. The molecule has 0 aliphatic carbocycles. The lowest BCUT2D eigenvalue weighted by Gasteiger charge is -2.07. The number of hydrogen-bond acceptors (Lipinski definition) is 4. The number of nitrogens with zero attached hydrogens (tertiary/aromatic N) is 2. The molecule has 7 heteroatoms. The van der Waals surface area contributed by atoms with Gasteiger partial charge in [0.2, 0.25) is 0 Å². The molecule has 0 fully saturated rings. The van der Waals surface area contributed by atoms with Crippen molar-refractivity contribution in [3.8, 4) is 34.0 Å². The molecule has 152 valence electrons. The van der Waals surface area contributed by atoms with E-state index in [4.69, 9.17) is 16.2 Å². The minimum absolute atomic E-state index is 0.326. The van der Waals surface area contributed by atoms with Crippen molar-refractivity contribution < 1.29 is 9.53 Å². The number of nitrogen functional groups attached to an aromatic ring is 1. The summed E-state index contributed by atoms with van der Waals surface area (Å²) in [5.41, 5.74) is 16.1. The maximum absolute atomic E-state index is 12.3. The Hall–Kier alpha value is -4.52. The first kappa shape index (κ1) is 18.5. The highest BCUT2D eigenvalue weighted by molar-refractivity contribution is 6.05. The second kappa shape index (κ2) is 7.38. The van der Waals surface area contributed by atoms with Crippen molar-refractivity contribution in [2.24, 2.45) is 5.73 Å². The fourth-order valence-electron chi connectivity index (χ4n) is 3.58. The number of rotatable bonds is 5. The fraction of sp³-hybridized carbons (Fsp3) is 0. The first-order chi connectivity index (χ1) is 15.1. The van der Waals surface area contributed by atoms with Crippen LogP contribution < -0.4 is 16.2 Å². The molecule has 7 nitrogen and oxygen atoms in total. The van der Waals surface area contributed by atoms with Gasteiger partial charge in [-0.2, -0.15) is 0 Å². The molecule has 5 N–H and O–H groups in total. The molecule has 31 heavy (non-hydrogen) atoms. The Morgan fingerprint density at radius 2 is 1.65 bits per heavy atom. The normalized spacial score (nSPS) is 11.0. The summed E-state index contributed by atoms with van der Waals surface area (Å²) in [6, 6.07) is 24.4. The number of aromatic nitrogens is 3. The lowest BCUT2D eigenvalue weighted by atomic mass is 10.1. The van der Waals surface area contributed by atoms with E-state index >= 15 is 0 Å². The van der Waals surface area contributed by atoms with E-state index in [1.807, 2.05) is 78.9 Å². The summed E-state index contributed by atoms with van der Waals surface area (Å²) in [6.45, 7) is 0. The van der Waals surface area contributed by atoms with Crippen LogP contribution in [-0.2, 0) is 0 Å². The van der Waals surface area contributed by atoms with Crippen LogP contribution in [0.2, 0.25) is 0 Å². The third-order valence-electron chi connectivity index (χ3n) is 5.01. The highest BCUT2D eigenvalue weighted by Gasteiger charge is 2.22. The van der Waals surface area contributed by atoms with Gasteiger partial charge in [-0.05, 0) is 48.5 Å². The molecule has 0 atom stereocenters. The van der Waals surface area contributed by atoms with Crippen molar-refractivity contribution in [2.45, 2.75) is 0 Å². The predicted molar refractivity (Wildman–Crippen MR) is 120 cm³/mol.